The minimum atomic E-state index is 0.374. The Labute approximate surface area is 81.2 Å². The Morgan fingerprint density at radius 3 is 2.64 bits per heavy atom. The molecule has 0 aliphatic carbocycles. The zero-order chi connectivity index (χ0) is 9.97. The zero-order valence-electron chi connectivity index (χ0n) is 7.71. The van der Waals surface area contributed by atoms with Crippen molar-refractivity contribution in [1.29, 1.82) is 0 Å². The SMILES string of the molecule is Cn1nnc(C=O)c1-c1ccccc1. The van der Waals surface area contributed by atoms with Crippen molar-refractivity contribution in [3.8, 4) is 11.3 Å². The second-order valence-electron chi connectivity index (χ2n) is 2.93. The van der Waals surface area contributed by atoms with Crippen molar-refractivity contribution < 1.29 is 4.79 Å². The van der Waals surface area contributed by atoms with Crippen LogP contribution in [0.4, 0.5) is 0 Å². The van der Waals surface area contributed by atoms with Crippen molar-refractivity contribution >= 4 is 6.29 Å². The van der Waals surface area contributed by atoms with E-state index in [9.17, 15) is 4.79 Å². The highest BCUT2D eigenvalue weighted by molar-refractivity contribution is 5.83. The molecule has 4 heteroatoms. The fraction of sp³-hybridized carbons (Fsp3) is 0.100. The number of carbonyl (C=O) groups is 1. The fourth-order valence-corrected chi connectivity index (χ4v) is 1.38. The minimum absolute atomic E-state index is 0.374. The Hall–Kier alpha value is -1.97. The largest absolute Gasteiger partial charge is 0.296 e. The molecule has 0 amide bonds. The molecule has 0 aliphatic heterocycles. The van der Waals surface area contributed by atoms with Gasteiger partial charge >= 0.3 is 0 Å². The molecule has 4 nitrogen and oxygen atoms in total. The van der Waals surface area contributed by atoms with E-state index in [1.807, 2.05) is 30.3 Å². The first kappa shape index (κ1) is 8.62. The van der Waals surface area contributed by atoms with Gasteiger partial charge in [-0.1, -0.05) is 35.5 Å². The number of carbonyl (C=O) groups excluding carboxylic acids is 1. The summed E-state index contributed by atoms with van der Waals surface area (Å²) in [5.41, 5.74) is 2.07. The van der Waals surface area contributed by atoms with Crippen LogP contribution in [-0.4, -0.2) is 21.3 Å². The van der Waals surface area contributed by atoms with Gasteiger partial charge in [-0.3, -0.25) is 4.79 Å². The van der Waals surface area contributed by atoms with Gasteiger partial charge in [-0.05, 0) is 0 Å². The maximum Gasteiger partial charge on any atom is 0.172 e. The normalized spacial score (nSPS) is 10.1. The van der Waals surface area contributed by atoms with Crippen molar-refractivity contribution in [3.05, 3.63) is 36.0 Å². The summed E-state index contributed by atoms with van der Waals surface area (Å²) in [7, 11) is 1.77. The molecular formula is C10H9N3O. The van der Waals surface area contributed by atoms with Crippen molar-refractivity contribution in [2.24, 2.45) is 7.05 Å². The first-order valence-corrected chi connectivity index (χ1v) is 4.23. The maximum absolute atomic E-state index is 10.7. The molecule has 2 aromatic rings. The monoisotopic (exact) mass is 187 g/mol. The Morgan fingerprint density at radius 1 is 1.29 bits per heavy atom. The molecule has 0 atom stereocenters. The van der Waals surface area contributed by atoms with Gasteiger partial charge in [0.1, 0.15) is 0 Å². The van der Waals surface area contributed by atoms with E-state index >= 15 is 0 Å². The quantitative estimate of drug-likeness (QED) is 0.665. The predicted octanol–water partition coefficient (Wildman–Crippen LogP) is 1.29. The summed E-state index contributed by atoms with van der Waals surface area (Å²) in [6.07, 6.45) is 0.718. The highest BCUT2D eigenvalue weighted by atomic mass is 16.1. The van der Waals surface area contributed by atoms with Crippen molar-refractivity contribution in [1.82, 2.24) is 15.0 Å². The third-order valence-corrected chi connectivity index (χ3v) is 2.01. The topological polar surface area (TPSA) is 47.8 Å². The minimum Gasteiger partial charge on any atom is -0.296 e. The molecule has 0 bridgehead atoms. The van der Waals surface area contributed by atoms with Gasteiger partial charge in [0, 0.05) is 12.6 Å². The molecule has 0 saturated carbocycles. The Morgan fingerprint density at radius 2 is 2.00 bits per heavy atom. The van der Waals surface area contributed by atoms with Crippen molar-refractivity contribution in [2.75, 3.05) is 0 Å². The first-order chi connectivity index (χ1) is 6.83. The molecule has 1 aromatic carbocycles. The molecule has 0 unspecified atom stereocenters. The zero-order valence-corrected chi connectivity index (χ0v) is 7.71. The van der Waals surface area contributed by atoms with Gasteiger partial charge in [0.15, 0.2) is 12.0 Å². The third-order valence-electron chi connectivity index (χ3n) is 2.01. The number of hydrogen-bond acceptors (Lipinski definition) is 3. The van der Waals surface area contributed by atoms with E-state index in [-0.39, 0.29) is 0 Å². The lowest BCUT2D eigenvalue weighted by atomic mass is 10.1. The molecular weight excluding hydrogens is 178 g/mol. The molecule has 1 heterocycles. The van der Waals surface area contributed by atoms with E-state index in [4.69, 9.17) is 0 Å². The van der Waals surface area contributed by atoms with E-state index < -0.39 is 0 Å². The summed E-state index contributed by atoms with van der Waals surface area (Å²) >= 11 is 0. The lowest BCUT2D eigenvalue weighted by Gasteiger charge is -2.00. The second-order valence-corrected chi connectivity index (χ2v) is 2.93. The highest BCUT2D eigenvalue weighted by Crippen LogP contribution is 2.19. The summed E-state index contributed by atoms with van der Waals surface area (Å²) in [5.74, 6) is 0. The van der Waals surface area contributed by atoms with Crippen LogP contribution in [0.5, 0.6) is 0 Å². The molecule has 0 saturated heterocycles. The smallest absolute Gasteiger partial charge is 0.172 e. The Bertz CT molecular complexity index is 448. The van der Waals surface area contributed by atoms with Crippen LogP contribution >= 0.6 is 0 Å². The molecule has 2 rings (SSSR count). The molecule has 0 N–H and O–H groups in total. The van der Waals surface area contributed by atoms with Crippen LogP contribution in [0.1, 0.15) is 10.5 Å². The van der Waals surface area contributed by atoms with Crippen molar-refractivity contribution in [2.45, 2.75) is 0 Å². The molecule has 0 spiro atoms. The number of aromatic nitrogens is 3. The lowest BCUT2D eigenvalue weighted by Crippen LogP contribution is -1.94. The summed E-state index contributed by atoms with van der Waals surface area (Å²) < 4.78 is 1.60. The number of nitrogens with zero attached hydrogens (tertiary/aromatic N) is 3. The second kappa shape index (κ2) is 3.41. The van der Waals surface area contributed by atoms with Gasteiger partial charge in [-0.2, -0.15) is 0 Å². The fourth-order valence-electron chi connectivity index (χ4n) is 1.38. The van der Waals surface area contributed by atoms with E-state index in [0.29, 0.717) is 5.69 Å². The van der Waals surface area contributed by atoms with Gasteiger partial charge in [0.2, 0.25) is 0 Å². The van der Waals surface area contributed by atoms with Crippen LogP contribution in [0.2, 0.25) is 0 Å². The average molecular weight is 187 g/mol. The summed E-state index contributed by atoms with van der Waals surface area (Å²) in [5, 5.41) is 7.55. The molecule has 0 fully saturated rings. The van der Waals surface area contributed by atoms with E-state index in [2.05, 4.69) is 10.3 Å². The number of rotatable bonds is 2. The molecule has 0 aliphatic rings. The van der Waals surface area contributed by atoms with Gasteiger partial charge in [0.25, 0.3) is 0 Å². The van der Waals surface area contributed by atoms with Crippen LogP contribution in [0.25, 0.3) is 11.3 Å². The van der Waals surface area contributed by atoms with Gasteiger partial charge < -0.3 is 0 Å². The van der Waals surface area contributed by atoms with Crippen LogP contribution < -0.4 is 0 Å². The Balaban J connectivity index is 2.61. The molecule has 14 heavy (non-hydrogen) atoms. The molecule has 70 valence electrons. The third kappa shape index (κ3) is 1.31. The number of hydrogen-bond donors (Lipinski definition) is 0. The average Bonchev–Trinajstić information content (AvgIpc) is 2.61. The van der Waals surface area contributed by atoms with E-state index in [1.165, 1.54) is 0 Å². The Kier molecular flexibility index (Phi) is 2.10. The van der Waals surface area contributed by atoms with Gasteiger partial charge in [-0.15, -0.1) is 5.10 Å². The van der Waals surface area contributed by atoms with Gasteiger partial charge in [-0.25, -0.2) is 4.68 Å². The lowest BCUT2D eigenvalue weighted by molar-refractivity contribution is 0.111. The number of aldehydes is 1. The van der Waals surface area contributed by atoms with E-state index in [1.54, 1.807) is 11.7 Å². The molecule has 0 radical (unpaired) electrons. The van der Waals surface area contributed by atoms with Crippen LogP contribution in [0.15, 0.2) is 30.3 Å². The van der Waals surface area contributed by atoms with E-state index in [0.717, 1.165) is 17.5 Å². The predicted molar refractivity (Wildman–Crippen MR) is 51.8 cm³/mol. The summed E-state index contributed by atoms with van der Waals surface area (Å²) in [6.45, 7) is 0. The van der Waals surface area contributed by atoms with Crippen LogP contribution in [0, 0.1) is 0 Å². The summed E-state index contributed by atoms with van der Waals surface area (Å²) in [4.78, 5) is 10.7. The number of aryl methyl sites for hydroxylation is 1. The summed E-state index contributed by atoms with van der Waals surface area (Å²) in [6, 6.07) is 9.60. The van der Waals surface area contributed by atoms with Crippen molar-refractivity contribution in [3.63, 3.8) is 0 Å². The first-order valence-electron chi connectivity index (χ1n) is 4.23. The number of benzene rings is 1. The van der Waals surface area contributed by atoms with Crippen LogP contribution in [0.3, 0.4) is 0 Å². The van der Waals surface area contributed by atoms with Crippen LogP contribution in [-0.2, 0) is 7.05 Å². The maximum atomic E-state index is 10.7. The van der Waals surface area contributed by atoms with Gasteiger partial charge in [0.05, 0.1) is 5.69 Å². The highest BCUT2D eigenvalue weighted by Gasteiger charge is 2.10. The standard InChI is InChI=1S/C10H9N3O/c1-13-10(9(7-14)11-12-13)8-5-3-2-4-6-8/h2-7H,1H3. The molecule has 1 aromatic heterocycles.